The first-order valence-corrected chi connectivity index (χ1v) is 8.10. The second kappa shape index (κ2) is 6.11. The van der Waals surface area contributed by atoms with Gasteiger partial charge in [-0.2, -0.15) is 5.10 Å². The molecule has 0 aliphatic carbocycles. The molecule has 0 unspecified atom stereocenters. The van der Waals surface area contributed by atoms with E-state index in [0.29, 0.717) is 16.4 Å². The maximum absolute atomic E-state index is 12.6. The van der Waals surface area contributed by atoms with Crippen LogP contribution in [0.2, 0.25) is 5.02 Å². The van der Waals surface area contributed by atoms with E-state index in [1.54, 1.807) is 28.9 Å². The highest BCUT2D eigenvalue weighted by Gasteiger charge is 2.16. The number of halogens is 1. The Hall–Kier alpha value is -3.05. The smallest absolute Gasteiger partial charge is 0.292 e. The molecule has 1 amide bonds. The van der Waals surface area contributed by atoms with E-state index in [4.69, 9.17) is 16.0 Å². The summed E-state index contributed by atoms with van der Waals surface area (Å²) in [7, 11) is 0. The Labute approximate surface area is 148 Å². The summed E-state index contributed by atoms with van der Waals surface area (Å²) in [5.41, 5.74) is 2.22. The molecule has 0 saturated heterocycles. The summed E-state index contributed by atoms with van der Waals surface area (Å²) < 4.78 is 7.25. The van der Waals surface area contributed by atoms with E-state index in [9.17, 15) is 4.79 Å². The lowest BCUT2D eigenvalue weighted by Crippen LogP contribution is -2.14. The molecular formula is C19H14ClN3O2. The largest absolute Gasteiger partial charge is 0.451 e. The van der Waals surface area contributed by atoms with Gasteiger partial charge in [0.15, 0.2) is 5.76 Å². The lowest BCUT2D eigenvalue weighted by molar-refractivity contribution is 0.0998. The predicted molar refractivity (Wildman–Crippen MR) is 97.5 cm³/mol. The molecule has 0 fully saturated rings. The fourth-order valence-corrected chi connectivity index (χ4v) is 2.85. The van der Waals surface area contributed by atoms with Gasteiger partial charge in [0.1, 0.15) is 11.4 Å². The number of aryl methyl sites for hydroxylation is 1. The Morgan fingerprint density at radius 2 is 1.96 bits per heavy atom. The predicted octanol–water partition coefficient (Wildman–Crippen LogP) is 4.83. The molecule has 0 aliphatic heterocycles. The molecule has 5 nitrogen and oxygen atoms in total. The van der Waals surface area contributed by atoms with Gasteiger partial charge >= 0.3 is 0 Å². The Morgan fingerprint density at radius 1 is 1.12 bits per heavy atom. The van der Waals surface area contributed by atoms with Crippen molar-refractivity contribution in [2.24, 2.45) is 0 Å². The minimum Gasteiger partial charge on any atom is -0.451 e. The average Bonchev–Trinajstić information content (AvgIpc) is 3.18. The SMILES string of the molecule is Cc1cc(NC(=O)c2cc3ccccc3o2)n(-c2cccc(Cl)c2)n1. The van der Waals surface area contributed by atoms with Crippen molar-refractivity contribution in [2.45, 2.75) is 6.92 Å². The molecule has 6 heteroatoms. The second-order valence-electron chi connectivity index (χ2n) is 5.67. The van der Waals surface area contributed by atoms with Crippen molar-refractivity contribution in [3.63, 3.8) is 0 Å². The zero-order valence-corrected chi connectivity index (χ0v) is 14.1. The van der Waals surface area contributed by atoms with Gasteiger partial charge in [0.05, 0.1) is 11.4 Å². The molecule has 0 saturated carbocycles. The van der Waals surface area contributed by atoms with Crippen LogP contribution < -0.4 is 5.32 Å². The molecule has 4 aromatic rings. The summed E-state index contributed by atoms with van der Waals surface area (Å²) in [4.78, 5) is 12.6. The van der Waals surface area contributed by atoms with Crippen LogP contribution in [0.25, 0.3) is 16.7 Å². The van der Waals surface area contributed by atoms with Crippen LogP contribution in [0.5, 0.6) is 0 Å². The van der Waals surface area contributed by atoms with Crippen LogP contribution in [0.3, 0.4) is 0 Å². The van der Waals surface area contributed by atoms with Crippen LogP contribution in [0.1, 0.15) is 16.2 Å². The maximum atomic E-state index is 12.6. The van der Waals surface area contributed by atoms with Gasteiger partial charge in [-0.05, 0) is 37.3 Å². The summed E-state index contributed by atoms with van der Waals surface area (Å²) >= 11 is 6.06. The molecule has 2 aromatic carbocycles. The number of furan rings is 1. The maximum Gasteiger partial charge on any atom is 0.292 e. The first-order chi connectivity index (χ1) is 12.1. The Bertz CT molecular complexity index is 1050. The molecular weight excluding hydrogens is 338 g/mol. The molecule has 0 atom stereocenters. The summed E-state index contributed by atoms with van der Waals surface area (Å²) in [6.07, 6.45) is 0. The highest BCUT2D eigenvalue weighted by Crippen LogP contribution is 2.23. The van der Waals surface area contributed by atoms with Crippen LogP contribution >= 0.6 is 11.6 Å². The molecule has 4 rings (SSSR count). The van der Waals surface area contributed by atoms with Crippen molar-refractivity contribution in [3.05, 3.63) is 77.1 Å². The van der Waals surface area contributed by atoms with Gasteiger partial charge in [0.2, 0.25) is 0 Å². The van der Waals surface area contributed by atoms with Crippen molar-refractivity contribution >= 4 is 34.3 Å². The van der Waals surface area contributed by atoms with Gasteiger partial charge in [-0.15, -0.1) is 0 Å². The van der Waals surface area contributed by atoms with Crippen molar-refractivity contribution in [2.75, 3.05) is 5.32 Å². The molecule has 1 N–H and O–H groups in total. The van der Waals surface area contributed by atoms with Gasteiger partial charge in [0.25, 0.3) is 5.91 Å². The van der Waals surface area contributed by atoms with E-state index in [-0.39, 0.29) is 11.7 Å². The van der Waals surface area contributed by atoms with Gasteiger partial charge in [0, 0.05) is 16.5 Å². The third kappa shape index (κ3) is 3.02. The number of carbonyl (C=O) groups excluding carboxylic acids is 1. The average molecular weight is 352 g/mol. The van der Waals surface area contributed by atoms with E-state index >= 15 is 0 Å². The van der Waals surface area contributed by atoms with E-state index in [0.717, 1.165) is 16.8 Å². The molecule has 0 radical (unpaired) electrons. The first-order valence-electron chi connectivity index (χ1n) is 7.73. The van der Waals surface area contributed by atoms with Crippen molar-refractivity contribution < 1.29 is 9.21 Å². The van der Waals surface area contributed by atoms with Gasteiger partial charge in [-0.1, -0.05) is 35.9 Å². The minimum atomic E-state index is -0.334. The van der Waals surface area contributed by atoms with Gasteiger partial charge in [-0.3, -0.25) is 4.79 Å². The standard InChI is InChI=1S/C19H14ClN3O2/c1-12-9-18(23(22-12)15-7-4-6-14(20)11-15)21-19(24)17-10-13-5-2-3-8-16(13)25-17/h2-11H,1H3,(H,21,24). The number of carbonyl (C=O) groups is 1. The zero-order valence-electron chi connectivity index (χ0n) is 13.4. The number of anilines is 1. The van der Waals surface area contributed by atoms with Crippen LogP contribution in [-0.2, 0) is 0 Å². The summed E-state index contributed by atoms with van der Waals surface area (Å²) in [5, 5.41) is 8.75. The fraction of sp³-hybridized carbons (Fsp3) is 0.0526. The van der Waals surface area contributed by atoms with Gasteiger partial charge < -0.3 is 9.73 Å². The van der Waals surface area contributed by atoms with Crippen LogP contribution in [0.4, 0.5) is 5.82 Å². The van der Waals surface area contributed by atoms with Gasteiger partial charge in [-0.25, -0.2) is 4.68 Å². The topological polar surface area (TPSA) is 60.1 Å². The highest BCUT2D eigenvalue weighted by atomic mass is 35.5. The molecule has 0 spiro atoms. The molecule has 0 bridgehead atoms. The van der Waals surface area contributed by atoms with Crippen molar-refractivity contribution in [1.82, 2.24) is 9.78 Å². The molecule has 0 aliphatic rings. The second-order valence-corrected chi connectivity index (χ2v) is 6.10. The van der Waals surface area contributed by atoms with Crippen LogP contribution in [0, 0.1) is 6.92 Å². The number of hydrogen-bond donors (Lipinski definition) is 1. The third-order valence-electron chi connectivity index (χ3n) is 3.78. The summed E-state index contributed by atoms with van der Waals surface area (Å²) in [5.74, 6) is 0.460. The zero-order chi connectivity index (χ0) is 17.4. The van der Waals surface area contributed by atoms with Crippen LogP contribution in [-0.4, -0.2) is 15.7 Å². The fourth-order valence-electron chi connectivity index (χ4n) is 2.66. The number of fused-ring (bicyclic) bond motifs is 1. The monoisotopic (exact) mass is 351 g/mol. The van der Waals surface area contributed by atoms with E-state index in [1.165, 1.54) is 0 Å². The first kappa shape index (κ1) is 15.5. The number of amides is 1. The lowest BCUT2D eigenvalue weighted by Gasteiger charge is -2.08. The molecule has 124 valence electrons. The Kier molecular flexibility index (Phi) is 3.78. The number of hydrogen-bond acceptors (Lipinski definition) is 3. The lowest BCUT2D eigenvalue weighted by atomic mass is 10.2. The summed E-state index contributed by atoms with van der Waals surface area (Å²) in [6.45, 7) is 1.86. The molecule has 2 aromatic heterocycles. The number of benzene rings is 2. The highest BCUT2D eigenvalue weighted by molar-refractivity contribution is 6.30. The number of rotatable bonds is 3. The van der Waals surface area contributed by atoms with Crippen LogP contribution in [0.15, 0.2) is 65.1 Å². The number of nitrogens with one attached hydrogen (secondary N) is 1. The third-order valence-corrected chi connectivity index (χ3v) is 4.01. The molecule has 2 heterocycles. The van der Waals surface area contributed by atoms with E-state index in [2.05, 4.69) is 10.4 Å². The van der Waals surface area contributed by atoms with Crippen molar-refractivity contribution in [3.8, 4) is 5.69 Å². The van der Waals surface area contributed by atoms with E-state index in [1.807, 2.05) is 43.3 Å². The molecule has 25 heavy (non-hydrogen) atoms. The Balaban J connectivity index is 1.67. The number of aromatic nitrogens is 2. The van der Waals surface area contributed by atoms with Crippen molar-refractivity contribution in [1.29, 1.82) is 0 Å². The van der Waals surface area contributed by atoms with E-state index < -0.39 is 0 Å². The normalized spacial score (nSPS) is 11.0. The summed E-state index contributed by atoms with van der Waals surface area (Å²) in [6, 6.07) is 18.3. The minimum absolute atomic E-state index is 0.248. The quantitative estimate of drug-likeness (QED) is 0.575. The Morgan fingerprint density at radius 3 is 2.76 bits per heavy atom. The number of nitrogens with zero attached hydrogens (tertiary/aromatic N) is 2. The number of para-hydroxylation sites is 1.